The molecule has 0 aliphatic rings. The molecule has 0 amide bonds. The summed E-state index contributed by atoms with van der Waals surface area (Å²) in [5.41, 5.74) is -0.966. The van der Waals surface area contributed by atoms with E-state index in [1.807, 2.05) is 0 Å². The van der Waals surface area contributed by atoms with Crippen molar-refractivity contribution in [3.05, 3.63) is 15.6 Å². The fourth-order valence-corrected chi connectivity index (χ4v) is 0.668. The lowest BCUT2D eigenvalue weighted by Gasteiger charge is -1.89. The van der Waals surface area contributed by atoms with Gasteiger partial charge in [-0.1, -0.05) is 0 Å². The molecule has 0 spiro atoms. The topological polar surface area (TPSA) is 133 Å². The molecule has 0 bridgehead atoms. The van der Waals surface area contributed by atoms with Gasteiger partial charge in [0.1, 0.15) is 10.1 Å². The van der Waals surface area contributed by atoms with Crippen molar-refractivity contribution in [2.24, 2.45) is 0 Å². The van der Waals surface area contributed by atoms with Gasteiger partial charge in [-0.3, -0.25) is 0 Å². The maximum atomic E-state index is 10.7. The zero-order chi connectivity index (χ0) is 8.72. The van der Waals surface area contributed by atoms with E-state index in [1.54, 1.807) is 0 Å². The summed E-state index contributed by atoms with van der Waals surface area (Å²) in [5.74, 6) is 0. The Morgan fingerprint density at radius 1 is 1.25 bits per heavy atom. The Labute approximate surface area is 62.9 Å². The maximum Gasteiger partial charge on any atom is 0.509 e. The summed E-state index contributed by atoms with van der Waals surface area (Å²) in [5, 5.41) is 40.5. The smallest absolute Gasteiger partial charge is 0.509 e. The minimum absolute atomic E-state index is 0.192. The van der Waals surface area contributed by atoms with Gasteiger partial charge in [0, 0.05) is 0 Å². The summed E-state index contributed by atoms with van der Waals surface area (Å²) >= 11 is 0. The predicted octanol–water partition coefficient (Wildman–Crippen LogP) is -3.48. The van der Waals surface area contributed by atoms with E-state index < -0.39 is 11.3 Å². The first-order valence-electron chi connectivity index (χ1n) is 2.66. The van der Waals surface area contributed by atoms with Gasteiger partial charge in [0.25, 0.3) is 5.21 Å². The molecule has 10 heteroatoms. The van der Waals surface area contributed by atoms with Gasteiger partial charge < -0.3 is 15.6 Å². The highest BCUT2D eigenvalue weighted by atomic mass is 16.8. The Morgan fingerprint density at radius 2 is 2.00 bits per heavy atom. The van der Waals surface area contributed by atoms with Gasteiger partial charge in [0.15, 0.2) is 5.16 Å². The van der Waals surface area contributed by atoms with Crippen LogP contribution in [0.4, 0.5) is 0 Å². The highest BCUT2D eigenvalue weighted by Crippen LogP contribution is 1.90. The van der Waals surface area contributed by atoms with Crippen LogP contribution in [0.1, 0.15) is 0 Å². The molecule has 2 aromatic heterocycles. The van der Waals surface area contributed by atoms with Crippen LogP contribution in [-0.2, 0) is 0 Å². The van der Waals surface area contributed by atoms with Crippen LogP contribution < -0.4 is 14.7 Å². The van der Waals surface area contributed by atoms with Crippen LogP contribution in [0.3, 0.4) is 0 Å². The van der Waals surface area contributed by atoms with E-state index in [1.165, 1.54) is 0 Å². The Hall–Kier alpha value is -2.26. The number of hydrogen-bond donors (Lipinski definition) is 0. The second-order valence-corrected chi connectivity index (χ2v) is 1.79. The molecule has 10 nitrogen and oxygen atoms in total. The predicted molar refractivity (Wildman–Crippen MR) is 26.5 cm³/mol. The van der Waals surface area contributed by atoms with Gasteiger partial charge >= 0.3 is 11.3 Å². The monoisotopic (exact) mass is 172 g/mol. The third kappa shape index (κ3) is 0.680. The third-order valence-electron chi connectivity index (χ3n) is 1.09. The molecule has 0 aliphatic heterocycles. The summed E-state index contributed by atoms with van der Waals surface area (Å²) in [6, 6.07) is 0. The second kappa shape index (κ2) is 1.87. The Bertz CT molecular complexity index is 436. The van der Waals surface area contributed by atoms with Gasteiger partial charge in [-0.15, -0.1) is 0 Å². The number of aromatic nitrogens is 6. The number of nitrogens with zero attached hydrogens (tertiary/aromatic N) is 6. The van der Waals surface area contributed by atoms with E-state index in [2.05, 4.69) is 20.1 Å². The Balaban J connectivity index is 2.93. The fraction of sp³-hybridized carbons (Fsp3) is 0. The summed E-state index contributed by atoms with van der Waals surface area (Å²) < 4.78 is 3.99. The molecule has 0 N–H and O–H groups in total. The molecular formula is C2N6O4. The lowest BCUT2D eigenvalue weighted by molar-refractivity contribution is -0.899. The zero-order valence-electron chi connectivity index (χ0n) is 5.32. The molecule has 0 aliphatic carbocycles. The van der Waals surface area contributed by atoms with E-state index in [0.29, 0.717) is 0 Å². The first kappa shape index (κ1) is 6.45. The minimum Gasteiger partial charge on any atom is -0.653 e. The van der Waals surface area contributed by atoms with Crippen LogP contribution in [-0.4, -0.2) is 15.5 Å². The number of hydrogen-bond acceptors (Lipinski definition) is 7. The molecule has 2 aromatic rings. The average molecular weight is 172 g/mol. The molecule has 2 rings (SSSR count). The molecule has 0 atom stereocenters. The molecule has 2 heterocycles. The Kier molecular flexibility index (Phi) is 1.00. The van der Waals surface area contributed by atoms with Crippen LogP contribution in [0.25, 0.3) is 11.3 Å². The number of rotatable bonds is 0. The largest absolute Gasteiger partial charge is 0.653 e. The summed E-state index contributed by atoms with van der Waals surface area (Å²) in [6.07, 6.45) is 0. The van der Waals surface area contributed by atoms with Crippen molar-refractivity contribution in [2.75, 3.05) is 0 Å². The summed E-state index contributed by atoms with van der Waals surface area (Å²) in [6.45, 7) is 0. The fourth-order valence-electron chi connectivity index (χ4n) is 0.668. The van der Waals surface area contributed by atoms with E-state index in [-0.39, 0.29) is 14.7 Å². The van der Waals surface area contributed by atoms with Crippen molar-refractivity contribution in [1.82, 2.24) is 15.5 Å². The molecular weight excluding hydrogens is 172 g/mol. The van der Waals surface area contributed by atoms with Crippen LogP contribution in [0, 0.1) is 15.6 Å². The maximum absolute atomic E-state index is 10.7. The van der Waals surface area contributed by atoms with Crippen LogP contribution in [0.2, 0.25) is 0 Å². The molecule has 0 saturated heterocycles. The first-order chi connectivity index (χ1) is 5.68. The van der Waals surface area contributed by atoms with Gasteiger partial charge in [-0.05, 0) is 4.85 Å². The van der Waals surface area contributed by atoms with Crippen molar-refractivity contribution in [2.45, 2.75) is 0 Å². The molecule has 0 fully saturated rings. The SMILES string of the molecule is [O-][n+]1nc2no[n+]([O-])c2[n+]([O-])n1. The molecule has 12 heavy (non-hydrogen) atoms. The highest BCUT2D eigenvalue weighted by molar-refractivity contribution is 5.52. The molecule has 0 saturated carbocycles. The second-order valence-electron chi connectivity index (χ2n) is 1.79. The van der Waals surface area contributed by atoms with Gasteiger partial charge in [-0.25, -0.2) is 0 Å². The summed E-state index contributed by atoms with van der Waals surface area (Å²) in [7, 11) is 0. The zero-order valence-corrected chi connectivity index (χ0v) is 5.32. The quantitative estimate of drug-likeness (QED) is 0.297. The van der Waals surface area contributed by atoms with Crippen LogP contribution in [0.5, 0.6) is 0 Å². The summed E-state index contributed by atoms with van der Waals surface area (Å²) in [4.78, 5) is -0.682. The lowest BCUT2D eigenvalue weighted by Crippen LogP contribution is -2.53. The number of fused-ring (bicyclic) bond motifs is 1. The van der Waals surface area contributed by atoms with Crippen molar-refractivity contribution in [1.29, 1.82) is 0 Å². The molecule has 0 aromatic carbocycles. The highest BCUT2D eigenvalue weighted by Gasteiger charge is 2.27. The Morgan fingerprint density at radius 3 is 2.75 bits per heavy atom. The van der Waals surface area contributed by atoms with Crippen LogP contribution in [0.15, 0.2) is 4.63 Å². The van der Waals surface area contributed by atoms with E-state index in [0.717, 1.165) is 0 Å². The molecule has 62 valence electrons. The normalized spacial score (nSPS) is 10.7. The van der Waals surface area contributed by atoms with Crippen molar-refractivity contribution < 1.29 is 19.3 Å². The van der Waals surface area contributed by atoms with Gasteiger partial charge in [0.2, 0.25) is 0 Å². The van der Waals surface area contributed by atoms with Crippen LogP contribution >= 0.6 is 0 Å². The van der Waals surface area contributed by atoms with Crippen molar-refractivity contribution >= 4 is 11.3 Å². The van der Waals surface area contributed by atoms with Crippen molar-refractivity contribution in [3.8, 4) is 0 Å². The molecule has 0 unspecified atom stereocenters. The van der Waals surface area contributed by atoms with Gasteiger partial charge in [0.05, 0.1) is 4.90 Å². The molecule has 0 radical (unpaired) electrons. The van der Waals surface area contributed by atoms with E-state index in [9.17, 15) is 15.6 Å². The standard InChI is InChI=1S/C2N6O4/c9-6-2-1(3-8(11)5-6)4-12-7(2)10. The van der Waals surface area contributed by atoms with Gasteiger partial charge in [-0.2, -0.15) is 4.63 Å². The van der Waals surface area contributed by atoms with E-state index in [4.69, 9.17) is 0 Å². The third-order valence-corrected chi connectivity index (χ3v) is 1.09. The first-order valence-corrected chi connectivity index (χ1v) is 2.66. The average Bonchev–Trinajstić information content (AvgIpc) is 2.31. The van der Waals surface area contributed by atoms with E-state index >= 15 is 0 Å². The van der Waals surface area contributed by atoms with Crippen molar-refractivity contribution in [3.63, 3.8) is 0 Å². The lowest BCUT2D eigenvalue weighted by atomic mass is 10.8. The minimum atomic E-state index is -0.567.